The molecular weight excluding hydrogens is 309 g/mol. The first kappa shape index (κ1) is 14.0. The van der Waals surface area contributed by atoms with E-state index in [9.17, 15) is 9.90 Å². The molecule has 0 fully saturated rings. The zero-order valence-corrected chi connectivity index (χ0v) is 11.7. The van der Waals surface area contributed by atoms with Gasteiger partial charge in [0.2, 0.25) is 0 Å². The Morgan fingerprint density at radius 1 is 0.947 bits per heavy atom. The van der Waals surface area contributed by atoms with Gasteiger partial charge in [-0.1, -0.05) is 34.8 Å². The molecule has 3 nitrogen and oxygen atoms in total. The number of amides is 1. The van der Waals surface area contributed by atoms with E-state index in [0.29, 0.717) is 21.4 Å². The monoisotopic (exact) mass is 315 g/mol. The maximum absolute atomic E-state index is 11.4. The van der Waals surface area contributed by atoms with Crippen molar-refractivity contribution in [2.24, 2.45) is 0 Å². The Morgan fingerprint density at radius 2 is 1.53 bits per heavy atom. The van der Waals surface area contributed by atoms with Crippen LogP contribution in [0.3, 0.4) is 0 Å². The largest absolute Gasteiger partial charge is 0.464 e. The molecule has 0 aliphatic heterocycles. The fourth-order valence-electron chi connectivity index (χ4n) is 1.61. The van der Waals surface area contributed by atoms with Gasteiger partial charge in [-0.15, -0.1) is 0 Å². The normalized spacial score (nSPS) is 10.3. The summed E-state index contributed by atoms with van der Waals surface area (Å²) in [6.07, 6.45) is -1.15. The lowest BCUT2D eigenvalue weighted by Gasteiger charge is -2.20. The van der Waals surface area contributed by atoms with Crippen LogP contribution in [0, 0.1) is 0 Å². The average molecular weight is 317 g/mol. The van der Waals surface area contributed by atoms with Crippen molar-refractivity contribution in [3.05, 3.63) is 57.5 Å². The molecule has 0 saturated heterocycles. The van der Waals surface area contributed by atoms with Crippen molar-refractivity contribution < 1.29 is 9.90 Å². The van der Waals surface area contributed by atoms with Crippen LogP contribution in [0.15, 0.2) is 42.5 Å². The number of hydrogen-bond donors (Lipinski definition) is 1. The zero-order valence-electron chi connectivity index (χ0n) is 9.48. The van der Waals surface area contributed by atoms with Gasteiger partial charge in [-0.25, -0.2) is 9.69 Å². The van der Waals surface area contributed by atoms with E-state index in [2.05, 4.69) is 0 Å². The first-order valence-electron chi connectivity index (χ1n) is 5.22. The van der Waals surface area contributed by atoms with Gasteiger partial charge < -0.3 is 5.11 Å². The summed E-state index contributed by atoms with van der Waals surface area (Å²) < 4.78 is 0. The van der Waals surface area contributed by atoms with Crippen LogP contribution in [-0.4, -0.2) is 11.2 Å². The Morgan fingerprint density at radius 3 is 2.05 bits per heavy atom. The summed E-state index contributed by atoms with van der Waals surface area (Å²) in [6.45, 7) is 0. The average Bonchev–Trinajstić information content (AvgIpc) is 2.34. The Kier molecular flexibility index (Phi) is 4.20. The van der Waals surface area contributed by atoms with Crippen LogP contribution < -0.4 is 4.90 Å². The third-order valence-corrected chi connectivity index (χ3v) is 3.22. The van der Waals surface area contributed by atoms with Gasteiger partial charge >= 0.3 is 6.09 Å². The number of rotatable bonds is 2. The zero-order chi connectivity index (χ0) is 14.0. The fourth-order valence-corrected chi connectivity index (χ4v) is 2.22. The number of hydrogen-bond acceptors (Lipinski definition) is 1. The van der Waals surface area contributed by atoms with E-state index in [1.807, 2.05) is 0 Å². The quantitative estimate of drug-likeness (QED) is 0.799. The molecule has 0 heterocycles. The number of halogens is 3. The predicted molar refractivity (Wildman–Crippen MR) is 78.1 cm³/mol. The van der Waals surface area contributed by atoms with E-state index in [0.717, 1.165) is 4.90 Å². The van der Waals surface area contributed by atoms with Crippen molar-refractivity contribution in [1.82, 2.24) is 0 Å². The van der Waals surface area contributed by atoms with Crippen LogP contribution in [0.1, 0.15) is 0 Å². The summed E-state index contributed by atoms with van der Waals surface area (Å²) in [5.41, 5.74) is 0.780. The predicted octanol–water partition coefficient (Wildman–Crippen LogP) is 5.46. The lowest BCUT2D eigenvalue weighted by atomic mass is 10.2. The van der Waals surface area contributed by atoms with E-state index >= 15 is 0 Å². The Hall–Kier alpha value is -1.42. The Bertz CT molecular complexity index is 614. The highest BCUT2D eigenvalue weighted by Crippen LogP contribution is 2.34. The molecule has 0 aromatic heterocycles. The minimum Gasteiger partial charge on any atom is -0.464 e. The third-order valence-electron chi connectivity index (χ3n) is 2.43. The topological polar surface area (TPSA) is 40.5 Å². The lowest BCUT2D eigenvalue weighted by Crippen LogP contribution is -2.23. The van der Waals surface area contributed by atoms with Crippen LogP contribution >= 0.6 is 34.8 Å². The minimum atomic E-state index is -1.15. The molecule has 0 atom stereocenters. The molecule has 2 rings (SSSR count). The van der Waals surface area contributed by atoms with Gasteiger partial charge in [-0.2, -0.15) is 0 Å². The molecule has 1 N–H and O–H groups in total. The summed E-state index contributed by atoms with van der Waals surface area (Å²) in [4.78, 5) is 12.5. The van der Waals surface area contributed by atoms with Gasteiger partial charge in [-0.3, -0.25) is 0 Å². The molecule has 0 bridgehead atoms. The van der Waals surface area contributed by atoms with Gasteiger partial charge in [0, 0.05) is 10.0 Å². The van der Waals surface area contributed by atoms with Crippen LogP contribution in [0.5, 0.6) is 0 Å². The van der Waals surface area contributed by atoms with Gasteiger partial charge in [0.05, 0.1) is 16.4 Å². The number of anilines is 2. The summed E-state index contributed by atoms with van der Waals surface area (Å²) >= 11 is 17.6. The van der Waals surface area contributed by atoms with E-state index in [1.165, 1.54) is 6.07 Å². The van der Waals surface area contributed by atoms with E-state index < -0.39 is 6.09 Å². The van der Waals surface area contributed by atoms with Crippen LogP contribution in [0.25, 0.3) is 0 Å². The number of benzene rings is 2. The highest BCUT2D eigenvalue weighted by molar-refractivity contribution is 6.37. The number of carboxylic acid groups (broad SMARTS) is 1. The van der Waals surface area contributed by atoms with Gasteiger partial charge in [-0.05, 0) is 42.5 Å². The van der Waals surface area contributed by atoms with Crippen molar-refractivity contribution >= 4 is 52.3 Å². The van der Waals surface area contributed by atoms with Crippen molar-refractivity contribution in [1.29, 1.82) is 0 Å². The highest BCUT2D eigenvalue weighted by Gasteiger charge is 2.19. The molecule has 6 heteroatoms. The molecule has 0 aliphatic rings. The molecule has 0 aliphatic carbocycles. The molecule has 0 spiro atoms. The summed E-state index contributed by atoms with van der Waals surface area (Å²) in [6, 6.07) is 11.0. The molecule has 19 heavy (non-hydrogen) atoms. The van der Waals surface area contributed by atoms with Crippen LogP contribution in [0.2, 0.25) is 15.1 Å². The van der Waals surface area contributed by atoms with Crippen molar-refractivity contribution in [2.75, 3.05) is 4.90 Å². The molecular formula is C13H8Cl3NO2. The van der Waals surface area contributed by atoms with E-state index in [-0.39, 0.29) is 5.02 Å². The first-order chi connectivity index (χ1) is 8.99. The summed E-state index contributed by atoms with van der Waals surface area (Å²) in [7, 11) is 0. The second-order valence-electron chi connectivity index (χ2n) is 3.69. The highest BCUT2D eigenvalue weighted by atomic mass is 35.5. The molecule has 2 aromatic rings. The number of nitrogens with zero attached hydrogens (tertiary/aromatic N) is 1. The van der Waals surface area contributed by atoms with Gasteiger partial charge in [0.15, 0.2) is 0 Å². The Labute approximate surface area is 124 Å². The molecule has 98 valence electrons. The maximum atomic E-state index is 11.4. The standard InChI is InChI=1S/C13H8Cl3NO2/c14-8-1-4-10(5-2-8)17(13(18)19)12-6-3-9(15)7-11(12)16/h1-7H,(H,18,19). The van der Waals surface area contributed by atoms with Crippen LogP contribution in [-0.2, 0) is 0 Å². The smallest absolute Gasteiger partial charge is 0.416 e. The minimum absolute atomic E-state index is 0.254. The number of carbonyl (C=O) groups is 1. The molecule has 2 aromatic carbocycles. The summed E-state index contributed by atoms with van der Waals surface area (Å²) in [5, 5.41) is 10.6. The van der Waals surface area contributed by atoms with Crippen molar-refractivity contribution in [3.8, 4) is 0 Å². The first-order valence-corrected chi connectivity index (χ1v) is 6.36. The van der Waals surface area contributed by atoms with E-state index in [4.69, 9.17) is 34.8 Å². The van der Waals surface area contributed by atoms with Crippen molar-refractivity contribution in [3.63, 3.8) is 0 Å². The second kappa shape index (κ2) is 5.70. The van der Waals surface area contributed by atoms with Gasteiger partial charge in [0.1, 0.15) is 0 Å². The maximum Gasteiger partial charge on any atom is 0.416 e. The van der Waals surface area contributed by atoms with E-state index in [1.54, 1.807) is 36.4 Å². The molecule has 1 amide bonds. The molecule has 0 saturated carbocycles. The second-order valence-corrected chi connectivity index (χ2v) is 4.97. The summed E-state index contributed by atoms with van der Waals surface area (Å²) in [5.74, 6) is 0. The fraction of sp³-hybridized carbons (Fsp3) is 0. The third kappa shape index (κ3) is 3.13. The van der Waals surface area contributed by atoms with Crippen LogP contribution in [0.4, 0.5) is 16.2 Å². The molecule has 0 unspecified atom stereocenters. The lowest BCUT2D eigenvalue weighted by molar-refractivity contribution is 0.205. The Balaban J connectivity index is 2.51. The van der Waals surface area contributed by atoms with Crippen molar-refractivity contribution in [2.45, 2.75) is 0 Å². The SMILES string of the molecule is O=C(O)N(c1ccc(Cl)cc1)c1ccc(Cl)cc1Cl. The molecule has 0 radical (unpaired) electrons. The van der Waals surface area contributed by atoms with Gasteiger partial charge in [0.25, 0.3) is 0 Å².